The molecule has 5 unspecified atom stereocenters. The number of carbonyl (C=O) groups is 3. The molecule has 0 aromatic rings. The van der Waals surface area contributed by atoms with Crippen molar-refractivity contribution in [2.24, 2.45) is 17.8 Å². The molecule has 0 aromatic heterocycles. The molecule has 5 atom stereocenters. The molecule has 0 radical (unpaired) electrons. The molecule has 4 fully saturated rings. The largest absolute Gasteiger partial charge is 0.458 e. The zero-order chi connectivity index (χ0) is 14.3. The molecular formula is C14H17ClO5. The molecule has 2 saturated carbocycles. The van der Waals surface area contributed by atoms with Gasteiger partial charge in [-0.05, 0) is 43.2 Å². The third-order valence-electron chi connectivity index (χ3n) is 4.63. The number of halogens is 1. The second-order valence-corrected chi connectivity index (χ2v) is 6.47. The van der Waals surface area contributed by atoms with E-state index in [4.69, 9.17) is 21.1 Å². The van der Waals surface area contributed by atoms with Gasteiger partial charge in [-0.1, -0.05) is 0 Å². The summed E-state index contributed by atoms with van der Waals surface area (Å²) >= 11 is 5.21. The van der Waals surface area contributed by atoms with Gasteiger partial charge < -0.3 is 9.47 Å². The van der Waals surface area contributed by atoms with Gasteiger partial charge in [0.05, 0.1) is 12.3 Å². The lowest BCUT2D eigenvalue weighted by atomic mass is 9.67. The molecule has 2 aliphatic heterocycles. The molecule has 0 amide bonds. The molecule has 0 aromatic carbocycles. The van der Waals surface area contributed by atoms with Crippen molar-refractivity contribution in [3.05, 3.63) is 0 Å². The first-order chi connectivity index (χ1) is 9.52. The maximum atomic E-state index is 11.9. The highest BCUT2D eigenvalue weighted by molar-refractivity contribution is 6.63. The van der Waals surface area contributed by atoms with Crippen LogP contribution in [0.5, 0.6) is 0 Å². The van der Waals surface area contributed by atoms with Gasteiger partial charge in [-0.15, -0.1) is 0 Å². The van der Waals surface area contributed by atoms with E-state index in [1.54, 1.807) is 0 Å². The molecule has 0 N–H and O–H groups in total. The Labute approximate surface area is 121 Å². The molecular weight excluding hydrogens is 284 g/mol. The number of esters is 2. The van der Waals surface area contributed by atoms with Crippen molar-refractivity contribution in [3.8, 4) is 0 Å². The molecule has 2 saturated heterocycles. The lowest BCUT2D eigenvalue weighted by molar-refractivity contribution is -0.172. The van der Waals surface area contributed by atoms with E-state index in [-0.39, 0.29) is 42.9 Å². The fourth-order valence-electron chi connectivity index (χ4n) is 3.85. The number of rotatable bonds is 4. The zero-order valence-electron chi connectivity index (χ0n) is 11.0. The summed E-state index contributed by atoms with van der Waals surface area (Å²) in [6.45, 7) is 0. The monoisotopic (exact) mass is 300 g/mol. The van der Waals surface area contributed by atoms with Gasteiger partial charge >= 0.3 is 11.9 Å². The lowest BCUT2D eigenvalue weighted by Crippen LogP contribution is -2.45. The van der Waals surface area contributed by atoms with Crippen molar-refractivity contribution in [2.75, 3.05) is 0 Å². The lowest BCUT2D eigenvalue weighted by Gasteiger charge is -2.41. The van der Waals surface area contributed by atoms with Gasteiger partial charge in [0.25, 0.3) is 0 Å². The maximum absolute atomic E-state index is 11.9. The zero-order valence-corrected chi connectivity index (χ0v) is 11.8. The van der Waals surface area contributed by atoms with Crippen LogP contribution in [0.3, 0.4) is 0 Å². The third kappa shape index (κ3) is 2.68. The van der Waals surface area contributed by atoms with Crippen LogP contribution < -0.4 is 0 Å². The van der Waals surface area contributed by atoms with Gasteiger partial charge in [0.1, 0.15) is 12.2 Å². The van der Waals surface area contributed by atoms with Gasteiger partial charge in [0, 0.05) is 12.3 Å². The van der Waals surface area contributed by atoms with Crippen molar-refractivity contribution in [3.63, 3.8) is 0 Å². The third-order valence-corrected chi connectivity index (χ3v) is 4.82. The van der Waals surface area contributed by atoms with E-state index in [1.165, 1.54) is 0 Å². The van der Waals surface area contributed by atoms with Crippen LogP contribution in [0, 0.1) is 17.8 Å². The van der Waals surface area contributed by atoms with E-state index in [0.29, 0.717) is 5.92 Å². The summed E-state index contributed by atoms with van der Waals surface area (Å²) in [5.74, 6) is 0.107. The van der Waals surface area contributed by atoms with Crippen LogP contribution in [-0.2, 0) is 23.9 Å². The summed E-state index contributed by atoms with van der Waals surface area (Å²) in [6.07, 6.45) is 2.74. The first-order valence-corrected chi connectivity index (χ1v) is 7.49. The van der Waals surface area contributed by atoms with Crippen LogP contribution in [0.15, 0.2) is 0 Å². The van der Waals surface area contributed by atoms with Gasteiger partial charge in [-0.3, -0.25) is 14.4 Å². The minimum Gasteiger partial charge on any atom is -0.458 e. The fraction of sp³-hybridized carbons (Fsp3) is 0.786. The van der Waals surface area contributed by atoms with E-state index in [0.717, 1.165) is 25.7 Å². The van der Waals surface area contributed by atoms with Crippen molar-refractivity contribution in [1.82, 2.24) is 0 Å². The van der Waals surface area contributed by atoms with E-state index in [1.807, 2.05) is 0 Å². The van der Waals surface area contributed by atoms with Gasteiger partial charge in [0.2, 0.25) is 5.24 Å². The quantitative estimate of drug-likeness (QED) is 0.585. The first-order valence-electron chi connectivity index (χ1n) is 7.11. The molecule has 5 nitrogen and oxygen atoms in total. The summed E-state index contributed by atoms with van der Waals surface area (Å²) in [4.78, 5) is 34.3. The van der Waals surface area contributed by atoms with Crippen molar-refractivity contribution in [1.29, 1.82) is 0 Å². The van der Waals surface area contributed by atoms with E-state index in [2.05, 4.69) is 0 Å². The van der Waals surface area contributed by atoms with Crippen molar-refractivity contribution in [2.45, 2.75) is 50.7 Å². The predicted molar refractivity (Wildman–Crippen MR) is 68.8 cm³/mol. The molecule has 6 heteroatoms. The van der Waals surface area contributed by atoms with Crippen LogP contribution in [-0.4, -0.2) is 29.4 Å². The topological polar surface area (TPSA) is 69.7 Å². The van der Waals surface area contributed by atoms with Crippen molar-refractivity contribution >= 4 is 28.8 Å². The summed E-state index contributed by atoms with van der Waals surface area (Å²) in [5.41, 5.74) is 0. The molecule has 4 rings (SSSR count). The second-order valence-electron chi connectivity index (χ2n) is 6.05. The molecule has 4 bridgehead atoms. The summed E-state index contributed by atoms with van der Waals surface area (Å²) < 4.78 is 10.9. The number of fused-ring (bicyclic) bond motifs is 1. The number of hydrogen-bond acceptors (Lipinski definition) is 5. The van der Waals surface area contributed by atoms with Crippen molar-refractivity contribution < 1.29 is 23.9 Å². The van der Waals surface area contributed by atoms with Crippen LogP contribution >= 0.6 is 11.6 Å². The Morgan fingerprint density at radius 2 is 2.00 bits per heavy atom. The van der Waals surface area contributed by atoms with E-state index >= 15 is 0 Å². The Kier molecular flexibility index (Phi) is 3.71. The molecule has 0 spiro atoms. The summed E-state index contributed by atoms with van der Waals surface area (Å²) in [6, 6.07) is 0. The standard InChI is InChI=1S/C14H17ClO5/c15-11(16)1-2-12(17)20-13-8-3-7-4-9(6-8)14(18)19-10(13)5-7/h7-10,13H,1-6H2. The van der Waals surface area contributed by atoms with E-state index in [9.17, 15) is 14.4 Å². The molecule has 20 heavy (non-hydrogen) atoms. The van der Waals surface area contributed by atoms with Crippen LogP contribution in [0.2, 0.25) is 0 Å². The molecule has 4 aliphatic rings. The first kappa shape index (κ1) is 13.9. The summed E-state index contributed by atoms with van der Waals surface area (Å²) in [7, 11) is 0. The Hall–Kier alpha value is -1.10. The Morgan fingerprint density at radius 1 is 1.20 bits per heavy atom. The summed E-state index contributed by atoms with van der Waals surface area (Å²) in [5, 5.41) is -0.546. The van der Waals surface area contributed by atoms with Crippen LogP contribution in [0.25, 0.3) is 0 Å². The van der Waals surface area contributed by atoms with E-state index < -0.39 is 11.2 Å². The van der Waals surface area contributed by atoms with Gasteiger partial charge in [-0.2, -0.15) is 0 Å². The smallest absolute Gasteiger partial charge is 0.309 e. The second kappa shape index (κ2) is 5.35. The highest BCUT2D eigenvalue weighted by atomic mass is 35.5. The normalized spacial score (nSPS) is 38.2. The average molecular weight is 301 g/mol. The number of ether oxygens (including phenoxy) is 2. The molecule has 2 aliphatic carbocycles. The molecule has 110 valence electrons. The Balaban J connectivity index is 1.66. The van der Waals surface area contributed by atoms with Crippen LogP contribution in [0.1, 0.15) is 38.5 Å². The minimum absolute atomic E-state index is 0.0148. The van der Waals surface area contributed by atoms with Crippen LogP contribution in [0.4, 0.5) is 0 Å². The Morgan fingerprint density at radius 3 is 2.75 bits per heavy atom. The highest BCUT2D eigenvalue weighted by Crippen LogP contribution is 2.48. The predicted octanol–water partition coefficient (Wildman–Crippen LogP) is 1.81. The average Bonchev–Trinajstić information content (AvgIpc) is 2.54. The molecule has 2 heterocycles. The van der Waals surface area contributed by atoms with Gasteiger partial charge in [0.15, 0.2) is 0 Å². The Bertz CT molecular complexity index is 449. The fourth-order valence-corrected chi connectivity index (χ4v) is 3.94. The SMILES string of the molecule is O=C(Cl)CCC(=O)OC1C2CC3CC(C2)C(=O)OC1C3. The highest BCUT2D eigenvalue weighted by Gasteiger charge is 2.51. The maximum Gasteiger partial charge on any atom is 0.309 e. The van der Waals surface area contributed by atoms with Gasteiger partial charge in [-0.25, -0.2) is 0 Å². The minimum atomic E-state index is -0.546. The number of hydrogen-bond donors (Lipinski definition) is 0. The number of carbonyl (C=O) groups excluding carboxylic acids is 3.